The van der Waals surface area contributed by atoms with Gasteiger partial charge in [0.2, 0.25) is 0 Å². The van der Waals surface area contributed by atoms with Crippen molar-refractivity contribution in [2.75, 3.05) is 9.80 Å². The monoisotopic (exact) mass is 844 g/mol. The number of benzene rings is 12. The van der Waals surface area contributed by atoms with E-state index < -0.39 is 0 Å². The van der Waals surface area contributed by atoms with Crippen LogP contribution in [0, 0.1) is 13.8 Å². The molecule has 14 aromatic rings. The summed E-state index contributed by atoms with van der Waals surface area (Å²) >= 11 is 0. The van der Waals surface area contributed by atoms with Gasteiger partial charge in [0.25, 0.3) is 0 Å². The maximum Gasteiger partial charge on any atom is 0.160 e. The molecule has 0 radical (unpaired) electrons. The zero-order valence-corrected chi connectivity index (χ0v) is 36.3. The molecule has 14 rings (SSSR count). The van der Waals surface area contributed by atoms with Crippen LogP contribution in [0.3, 0.4) is 0 Å². The molecule has 0 unspecified atom stereocenters. The molecule has 0 spiro atoms. The number of rotatable bonds is 6. The molecule has 0 amide bonds. The number of fused-ring (bicyclic) bond motifs is 10. The highest BCUT2D eigenvalue weighted by Gasteiger charge is 2.29. The van der Waals surface area contributed by atoms with Gasteiger partial charge < -0.3 is 18.6 Å². The maximum atomic E-state index is 6.98. The molecule has 0 atom stereocenters. The summed E-state index contributed by atoms with van der Waals surface area (Å²) in [4.78, 5) is 4.87. The first-order chi connectivity index (χ1) is 32.6. The molecule has 2 aromatic heterocycles. The van der Waals surface area contributed by atoms with E-state index in [0.29, 0.717) is 0 Å². The first kappa shape index (κ1) is 36.8. The fraction of sp³-hybridized carbons (Fsp3) is 0.0323. The van der Waals surface area contributed by atoms with E-state index in [4.69, 9.17) is 8.83 Å². The van der Waals surface area contributed by atoms with Crippen LogP contribution >= 0.6 is 0 Å². The minimum absolute atomic E-state index is 0.880. The van der Waals surface area contributed by atoms with E-state index >= 15 is 0 Å². The van der Waals surface area contributed by atoms with Gasteiger partial charge in [-0.2, -0.15) is 0 Å². The number of furan rings is 2. The highest BCUT2D eigenvalue weighted by molar-refractivity contribution is 6.31. The van der Waals surface area contributed by atoms with E-state index in [2.05, 4.69) is 230 Å². The molecule has 12 aromatic carbocycles. The molecule has 0 aliphatic carbocycles. The lowest BCUT2D eigenvalue weighted by Gasteiger charge is -2.31. The Morgan fingerprint density at radius 3 is 1.06 bits per heavy atom. The van der Waals surface area contributed by atoms with Crippen LogP contribution in [0.25, 0.3) is 97.7 Å². The van der Waals surface area contributed by atoms with Gasteiger partial charge in [0, 0.05) is 43.7 Å². The molecule has 4 heteroatoms. The third-order valence-corrected chi connectivity index (χ3v) is 14.1. The van der Waals surface area contributed by atoms with Crippen LogP contribution in [-0.2, 0) is 0 Å². The Morgan fingerprint density at radius 1 is 0.288 bits per heavy atom. The molecule has 0 aliphatic rings. The highest BCUT2D eigenvalue weighted by Crippen LogP contribution is 2.53. The second-order valence-corrected chi connectivity index (χ2v) is 17.6. The Bertz CT molecular complexity index is 3980. The van der Waals surface area contributed by atoms with Crippen molar-refractivity contribution in [3.63, 3.8) is 0 Å². The number of nitrogens with zero attached hydrogens (tertiary/aromatic N) is 2. The van der Waals surface area contributed by atoms with E-state index in [1.54, 1.807) is 0 Å². The number of para-hydroxylation sites is 4. The molecule has 2 heterocycles. The first-order valence-corrected chi connectivity index (χ1v) is 22.7. The normalized spacial score (nSPS) is 12.1. The molecule has 0 saturated carbocycles. The van der Waals surface area contributed by atoms with Crippen LogP contribution in [-0.4, -0.2) is 0 Å². The molecule has 310 valence electrons. The number of hydrogen-bond acceptors (Lipinski definition) is 4. The Kier molecular flexibility index (Phi) is 7.79. The van der Waals surface area contributed by atoms with Crippen LogP contribution in [0.5, 0.6) is 0 Å². The largest absolute Gasteiger partial charge is 0.454 e. The number of anilines is 6. The van der Waals surface area contributed by atoms with E-state index in [9.17, 15) is 0 Å². The average molecular weight is 845 g/mol. The number of aryl methyl sites for hydroxylation is 2. The standard InChI is InChI=1S/C62H40N2O2/c1-37-43-21-9-11-23-45(43)57-49-25-13-15-27-53(49)65-61(57)59(37)63(41-17-5-3-6-18-41)51-35-31-39-30-34-48-52(36-32-40-29-33-47(51)55(39)56(40)48)64(42-19-7-4-8-20-42)60-38(2)44-22-10-12-24-46(44)58-50-26-14-16-28-54(50)66-62(58)60/h3-36H,1-2H3. The van der Waals surface area contributed by atoms with Crippen LogP contribution in [0.1, 0.15) is 11.1 Å². The van der Waals surface area contributed by atoms with Crippen molar-refractivity contribution in [2.24, 2.45) is 0 Å². The van der Waals surface area contributed by atoms with Gasteiger partial charge in [-0.05, 0) is 117 Å². The summed E-state index contributed by atoms with van der Waals surface area (Å²) in [6, 6.07) is 74.3. The summed E-state index contributed by atoms with van der Waals surface area (Å²) in [5, 5.41) is 16.5. The molecule has 0 N–H and O–H groups in total. The first-order valence-electron chi connectivity index (χ1n) is 22.7. The van der Waals surface area contributed by atoms with Gasteiger partial charge in [0.1, 0.15) is 11.2 Å². The van der Waals surface area contributed by atoms with Crippen LogP contribution < -0.4 is 9.80 Å². The summed E-state index contributed by atoms with van der Waals surface area (Å²) in [5.74, 6) is 0. The lowest BCUT2D eigenvalue weighted by molar-refractivity contribution is 0.668. The zero-order valence-electron chi connectivity index (χ0n) is 36.3. The lowest BCUT2D eigenvalue weighted by Crippen LogP contribution is -2.13. The van der Waals surface area contributed by atoms with Crippen molar-refractivity contribution in [3.05, 3.63) is 217 Å². The van der Waals surface area contributed by atoms with Crippen LogP contribution in [0.2, 0.25) is 0 Å². The molecule has 0 fully saturated rings. The summed E-state index contributed by atoms with van der Waals surface area (Å²) in [7, 11) is 0. The van der Waals surface area contributed by atoms with Gasteiger partial charge >= 0.3 is 0 Å². The lowest BCUT2D eigenvalue weighted by atomic mass is 9.91. The maximum absolute atomic E-state index is 6.98. The van der Waals surface area contributed by atoms with Crippen molar-refractivity contribution in [1.82, 2.24) is 0 Å². The molecular weight excluding hydrogens is 805 g/mol. The van der Waals surface area contributed by atoms with Crippen molar-refractivity contribution in [2.45, 2.75) is 13.8 Å². The quantitative estimate of drug-likeness (QED) is 0.156. The predicted octanol–water partition coefficient (Wildman–Crippen LogP) is 18.2. The van der Waals surface area contributed by atoms with Crippen molar-refractivity contribution in [3.8, 4) is 0 Å². The van der Waals surface area contributed by atoms with Gasteiger partial charge in [-0.1, -0.05) is 158 Å². The zero-order chi connectivity index (χ0) is 43.6. The second-order valence-electron chi connectivity index (χ2n) is 17.6. The van der Waals surface area contributed by atoms with E-state index in [-0.39, 0.29) is 0 Å². The van der Waals surface area contributed by atoms with Gasteiger partial charge in [0.15, 0.2) is 11.2 Å². The Labute approximate surface area is 380 Å². The highest BCUT2D eigenvalue weighted by atomic mass is 16.3. The molecule has 66 heavy (non-hydrogen) atoms. The van der Waals surface area contributed by atoms with Crippen LogP contribution in [0.4, 0.5) is 34.1 Å². The smallest absolute Gasteiger partial charge is 0.160 e. The van der Waals surface area contributed by atoms with Crippen molar-refractivity contribution < 1.29 is 8.83 Å². The molecule has 0 saturated heterocycles. The Hall–Kier alpha value is -8.60. The van der Waals surface area contributed by atoms with Crippen LogP contribution in [0.15, 0.2) is 215 Å². The fourth-order valence-corrected chi connectivity index (χ4v) is 11.2. The molecular formula is C62H40N2O2. The van der Waals surface area contributed by atoms with Crippen molar-refractivity contribution >= 4 is 132 Å². The van der Waals surface area contributed by atoms with E-state index in [1.807, 2.05) is 0 Å². The van der Waals surface area contributed by atoms with Gasteiger partial charge in [-0.25, -0.2) is 0 Å². The molecule has 0 bridgehead atoms. The van der Waals surface area contributed by atoms with Gasteiger partial charge in [-0.15, -0.1) is 0 Å². The van der Waals surface area contributed by atoms with E-state index in [0.717, 1.165) is 99.9 Å². The summed E-state index contributed by atoms with van der Waals surface area (Å²) < 4.78 is 14.0. The fourth-order valence-electron chi connectivity index (χ4n) is 11.2. The minimum Gasteiger partial charge on any atom is -0.454 e. The third kappa shape index (κ3) is 5.09. The SMILES string of the molecule is Cc1c(N(c2ccccc2)c2ccc3ccc4c(N(c5ccccc5)c5c(C)c6ccccc6c6c5oc5ccccc56)ccc5ccc2c3c54)c2oc3ccccc3c2c2ccccc12. The third-order valence-electron chi connectivity index (χ3n) is 14.1. The van der Waals surface area contributed by atoms with Crippen molar-refractivity contribution in [1.29, 1.82) is 0 Å². The summed E-state index contributed by atoms with van der Waals surface area (Å²) in [6.07, 6.45) is 0. The summed E-state index contributed by atoms with van der Waals surface area (Å²) in [6.45, 7) is 4.49. The van der Waals surface area contributed by atoms with Gasteiger partial charge in [-0.3, -0.25) is 0 Å². The van der Waals surface area contributed by atoms with E-state index in [1.165, 1.54) is 43.1 Å². The molecule has 4 nitrogen and oxygen atoms in total. The second kappa shape index (κ2) is 13.9. The summed E-state index contributed by atoms with van der Waals surface area (Å²) in [5.41, 5.74) is 12.2. The minimum atomic E-state index is 0.880. The Morgan fingerprint density at radius 2 is 0.636 bits per heavy atom. The Balaban J connectivity index is 1.08. The van der Waals surface area contributed by atoms with Gasteiger partial charge in [0.05, 0.1) is 22.7 Å². The molecule has 0 aliphatic heterocycles. The average Bonchev–Trinajstić information content (AvgIpc) is 3.96. The predicted molar refractivity (Wildman–Crippen MR) is 279 cm³/mol. The number of hydrogen-bond donors (Lipinski definition) is 0. The topological polar surface area (TPSA) is 32.8 Å².